The molecule has 1 aromatic heterocycles. The Morgan fingerprint density at radius 1 is 1.67 bits per heavy atom. The summed E-state index contributed by atoms with van der Waals surface area (Å²) in [4.78, 5) is 5.58. The standard InChI is InChI=1S/C6H12N4O2/c1-10(2)6-8-5(12-9-6)4(11)3-7/h4,11H,3,7H2,1-2H3. The van der Waals surface area contributed by atoms with Gasteiger partial charge in [0.2, 0.25) is 0 Å². The predicted octanol–water partition coefficient (Wildman–Crippen LogP) is -0.872. The number of anilines is 1. The van der Waals surface area contributed by atoms with Crippen molar-refractivity contribution in [2.24, 2.45) is 5.73 Å². The number of aliphatic hydroxyl groups excluding tert-OH is 1. The lowest BCUT2D eigenvalue weighted by Gasteiger charge is -2.03. The Bertz CT molecular complexity index is 247. The Morgan fingerprint density at radius 2 is 2.33 bits per heavy atom. The number of aliphatic hydroxyl groups is 1. The van der Waals surface area contributed by atoms with E-state index in [4.69, 9.17) is 10.3 Å². The molecule has 0 aromatic carbocycles. The van der Waals surface area contributed by atoms with E-state index in [9.17, 15) is 5.11 Å². The molecule has 0 amide bonds. The second-order valence-electron chi connectivity index (χ2n) is 2.58. The van der Waals surface area contributed by atoms with Crippen molar-refractivity contribution < 1.29 is 9.63 Å². The lowest BCUT2D eigenvalue weighted by Crippen LogP contribution is -2.13. The summed E-state index contributed by atoms with van der Waals surface area (Å²) in [5.74, 6) is 0.582. The second kappa shape index (κ2) is 3.51. The van der Waals surface area contributed by atoms with Crippen LogP contribution in [-0.4, -0.2) is 35.9 Å². The van der Waals surface area contributed by atoms with E-state index in [1.807, 2.05) is 0 Å². The van der Waals surface area contributed by atoms with Gasteiger partial charge in [0.15, 0.2) is 0 Å². The highest BCUT2D eigenvalue weighted by atomic mass is 16.5. The summed E-state index contributed by atoms with van der Waals surface area (Å²) in [7, 11) is 3.56. The van der Waals surface area contributed by atoms with Crippen molar-refractivity contribution in [2.75, 3.05) is 25.5 Å². The molecule has 0 aliphatic heterocycles. The maximum Gasteiger partial charge on any atom is 0.265 e. The number of nitrogens with zero attached hydrogens (tertiary/aromatic N) is 3. The Hall–Kier alpha value is -1.14. The molecule has 0 bridgehead atoms. The zero-order valence-electron chi connectivity index (χ0n) is 7.06. The van der Waals surface area contributed by atoms with Gasteiger partial charge in [0.05, 0.1) is 0 Å². The van der Waals surface area contributed by atoms with Crippen LogP contribution in [0, 0.1) is 0 Å². The lowest BCUT2D eigenvalue weighted by atomic mass is 10.4. The molecule has 1 atom stereocenters. The van der Waals surface area contributed by atoms with E-state index in [1.54, 1.807) is 19.0 Å². The minimum atomic E-state index is -0.869. The van der Waals surface area contributed by atoms with Gasteiger partial charge in [0.25, 0.3) is 11.8 Å². The topological polar surface area (TPSA) is 88.4 Å². The van der Waals surface area contributed by atoms with Crippen molar-refractivity contribution in [1.29, 1.82) is 0 Å². The van der Waals surface area contributed by atoms with Crippen LogP contribution in [-0.2, 0) is 0 Å². The largest absolute Gasteiger partial charge is 0.382 e. The van der Waals surface area contributed by atoms with Gasteiger partial charge >= 0.3 is 0 Å². The molecule has 6 nitrogen and oxygen atoms in total. The molecule has 1 rings (SSSR count). The van der Waals surface area contributed by atoms with Crippen LogP contribution in [0.15, 0.2) is 4.52 Å². The van der Waals surface area contributed by atoms with E-state index >= 15 is 0 Å². The van der Waals surface area contributed by atoms with Crippen molar-refractivity contribution >= 4 is 5.95 Å². The summed E-state index contributed by atoms with van der Waals surface area (Å²) < 4.78 is 4.75. The van der Waals surface area contributed by atoms with Crippen LogP contribution in [0.2, 0.25) is 0 Å². The fourth-order valence-corrected chi connectivity index (χ4v) is 0.645. The third-order valence-corrected chi connectivity index (χ3v) is 1.34. The fourth-order valence-electron chi connectivity index (χ4n) is 0.645. The van der Waals surface area contributed by atoms with E-state index in [0.717, 1.165) is 0 Å². The quantitative estimate of drug-likeness (QED) is 0.616. The van der Waals surface area contributed by atoms with Crippen molar-refractivity contribution in [1.82, 2.24) is 10.1 Å². The molecule has 6 heteroatoms. The average molecular weight is 172 g/mol. The molecule has 12 heavy (non-hydrogen) atoms. The Kier molecular flexibility index (Phi) is 2.61. The minimum absolute atomic E-state index is 0.0784. The summed E-state index contributed by atoms with van der Waals surface area (Å²) in [6.07, 6.45) is -0.869. The van der Waals surface area contributed by atoms with E-state index in [0.29, 0.717) is 5.95 Å². The highest BCUT2D eigenvalue weighted by Gasteiger charge is 2.14. The fraction of sp³-hybridized carbons (Fsp3) is 0.667. The smallest absolute Gasteiger partial charge is 0.265 e. The van der Waals surface area contributed by atoms with Crippen LogP contribution in [0.4, 0.5) is 5.95 Å². The Labute approximate surface area is 70.0 Å². The normalized spacial score (nSPS) is 13.0. The predicted molar refractivity (Wildman–Crippen MR) is 42.6 cm³/mol. The Balaban J connectivity index is 2.77. The van der Waals surface area contributed by atoms with E-state index in [2.05, 4.69) is 10.1 Å². The highest BCUT2D eigenvalue weighted by molar-refractivity contribution is 5.23. The zero-order valence-corrected chi connectivity index (χ0v) is 7.06. The molecule has 0 aliphatic rings. The average Bonchev–Trinajstić information content (AvgIpc) is 2.51. The number of hydrogen-bond acceptors (Lipinski definition) is 6. The summed E-state index contributed by atoms with van der Waals surface area (Å²) in [5.41, 5.74) is 5.20. The zero-order chi connectivity index (χ0) is 9.14. The van der Waals surface area contributed by atoms with Crippen LogP contribution < -0.4 is 10.6 Å². The van der Waals surface area contributed by atoms with Crippen molar-refractivity contribution in [3.05, 3.63) is 5.89 Å². The van der Waals surface area contributed by atoms with Gasteiger partial charge in [-0.1, -0.05) is 0 Å². The third-order valence-electron chi connectivity index (χ3n) is 1.34. The van der Waals surface area contributed by atoms with Crippen LogP contribution in [0.25, 0.3) is 0 Å². The molecular weight excluding hydrogens is 160 g/mol. The van der Waals surface area contributed by atoms with Gasteiger partial charge in [0, 0.05) is 20.6 Å². The maximum absolute atomic E-state index is 9.18. The molecule has 0 saturated carbocycles. The first-order valence-corrected chi connectivity index (χ1v) is 3.54. The highest BCUT2D eigenvalue weighted by Crippen LogP contribution is 2.11. The first-order valence-electron chi connectivity index (χ1n) is 3.54. The van der Waals surface area contributed by atoms with Gasteiger partial charge in [-0.2, -0.15) is 4.98 Å². The SMILES string of the molecule is CN(C)c1noc(C(O)CN)n1. The molecule has 1 heterocycles. The van der Waals surface area contributed by atoms with Gasteiger partial charge in [-0.25, -0.2) is 0 Å². The molecule has 0 aliphatic carbocycles. The van der Waals surface area contributed by atoms with Gasteiger partial charge in [0.1, 0.15) is 6.10 Å². The van der Waals surface area contributed by atoms with E-state index in [-0.39, 0.29) is 12.4 Å². The van der Waals surface area contributed by atoms with Gasteiger partial charge in [-0.3, -0.25) is 0 Å². The van der Waals surface area contributed by atoms with Crippen molar-refractivity contribution in [2.45, 2.75) is 6.10 Å². The number of hydrogen-bond donors (Lipinski definition) is 2. The van der Waals surface area contributed by atoms with Crippen LogP contribution in [0.3, 0.4) is 0 Å². The van der Waals surface area contributed by atoms with Crippen LogP contribution in [0.1, 0.15) is 12.0 Å². The van der Waals surface area contributed by atoms with Gasteiger partial charge < -0.3 is 20.3 Å². The first kappa shape index (κ1) is 8.95. The molecule has 0 saturated heterocycles. The molecular formula is C6H12N4O2. The van der Waals surface area contributed by atoms with Gasteiger partial charge in [-0.05, 0) is 5.16 Å². The van der Waals surface area contributed by atoms with E-state index in [1.165, 1.54) is 0 Å². The summed E-state index contributed by atoms with van der Waals surface area (Å²) in [6.45, 7) is 0.0784. The number of rotatable bonds is 3. The molecule has 3 N–H and O–H groups in total. The number of aromatic nitrogens is 2. The lowest BCUT2D eigenvalue weighted by molar-refractivity contribution is 0.141. The monoisotopic (exact) mass is 172 g/mol. The molecule has 1 unspecified atom stereocenters. The van der Waals surface area contributed by atoms with Crippen LogP contribution in [0.5, 0.6) is 0 Å². The maximum atomic E-state index is 9.18. The third kappa shape index (κ3) is 1.72. The summed E-state index contributed by atoms with van der Waals surface area (Å²) in [6, 6.07) is 0. The molecule has 0 radical (unpaired) electrons. The van der Waals surface area contributed by atoms with E-state index < -0.39 is 6.10 Å². The molecule has 0 fully saturated rings. The molecule has 0 spiro atoms. The first-order chi connectivity index (χ1) is 5.65. The van der Waals surface area contributed by atoms with Crippen molar-refractivity contribution in [3.8, 4) is 0 Å². The second-order valence-corrected chi connectivity index (χ2v) is 2.58. The summed E-state index contributed by atoms with van der Waals surface area (Å²) in [5, 5.41) is 12.8. The molecule has 68 valence electrons. The van der Waals surface area contributed by atoms with Crippen molar-refractivity contribution in [3.63, 3.8) is 0 Å². The number of nitrogens with two attached hydrogens (primary N) is 1. The van der Waals surface area contributed by atoms with Gasteiger partial charge in [-0.15, -0.1) is 0 Å². The summed E-state index contributed by atoms with van der Waals surface area (Å²) >= 11 is 0. The molecule has 1 aromatic rings. The van der Waals surface area contributed by atoms with Crippen LogP contribution >= 0.6 is 0 Å². The Morgan fingerprint density at radius 3 is 2.75 bits per heavy atom. The minimum Gasteiger partial charge on any atom is -0.382 e.